The summed E-state index contributed by atoms with van der Waals surface area (Å²) < 4.78 is 4.86. The molecule has 0 unspecified atom stereocenters. The SMILES string of the molecule is O=C1C=CC(=CC=Cc2ccccc2)O1. The number of allylic oxidation sites excluding steroid dienone is 3. The molecule has 0 radical (unpaired) electrons. The molecule has 0 aliphatic carbocycles. The Balaban J connectivity index is 2.02. The molecule has 0 saturated heterocycles. The smallest absolute Gasteiger partial charge is 0.336 e. The standard InChI is InChI=1S/C13H10O2/c14-13-10-9-12(15-13)8-4-7-11-5-2-1-3-6-11/h1-10H. The average molecular weight is 198 g/mol. The Bertz CT molecular complexity index is 439. The van der Waals surface area contributed by atoms with Crippen molar-refractivity contribution >= 4 is 12.0 Å². The third-order valence-corrected chi connectivity index (χ3v) is 1.95. The lowest BCUT2D eigenvalue weighted by Crippen LogP contribution is -1.89. The summed E-state index contributed by atoms with van der Waals surface area (Å²) in [4.78, 5) is 10.7. The van der Waals surface area contributed by atoms with Crippen LogP contribution in [0.15, 0.2) is 60.4 Å². The van der Waals surface area contributed by atoms with E-state index in [1.807, 2.05) is 42.5 Å². The van der Waals surface area contributed by atoms with Crippen LogP contribution in [-0.2, 0) is 9.53 Å². The van der Waals surface area contributed by atoms with E-state index in [1.54, 1.807) is 12.2 Å². The van der Waals surface area contributed by atoms with Crippen LogP contribution in [0, 0.1) is 0 Å². The molecule has 1 aliphatic heterocycles. The third-order valence-electron chi connectivity index (χ3n) is 1.95. The minimum atomic E-state index is -0.311. The Morgan fingerprint density at radius 3 is 2.53 bits per heavy atom. The molecule has 1 aromatic rings. The maximum Gasteiger partial charge on any atom is 0.336 e. The molecule has 0 atom stereocenters. The molecule has 15 heavy (non-hydrogen) atoms. The minimum absolute atomic E-state index is 0.311. The highest BCUT2D eigenvalue weighted by molar-refractivity contribution is 5.86. The summed E-state index contributed by atoms with van der Waals surface area (Å²) in [5.74, 6) is 0.265. The largest absolute Gasteiger partial charge is 0.423 e. The molecule has 0 saturated carbocycles. The first-order chi connectivity index (χ1) is 7.34. The predicted octanol–water partition coefficient (Wildman–Crippen LogP) is 2.70. The quantitative estimate of drug-likeness (QED) is 0.683. The second-order valence-electron chi connectivity index (χ2n) is 3.09. The molecule has 1 heterocycles. The first-order valence-electron chi connectivity index (χ1n) is 4.68. The lowest BCUT2D eigenvalue weighted by Gasteiger charge is -1.92. The fraction of sp³-hybridized carbons (Fsp3) is 0. The van der Waals surface area contributed by atoms with Crippen LogP contribution in [0.2, 0.25) is 0 Å². The first-order valence-corrected chi connectivity index (χ1v) is 4.68. The van der Waals surface area contributed by atoms with Gasteiger partial charge in [0.05, 0.1) is 0 Å². The summed E-state index contributed by atoms with van der Waals surface area (Å²) in [6.07, 6.45) is 8.62. The van der Waals surface area contributed by atoms with Crippen molar-refractivity contribution in [2.24, 2.45) is 0 Å². The zero-order chi connectivity index (χ0) is 10.5. The van der Waals surface area contributed by atoms with Crippen molar-refractivity contribution in [2.45, 2.75) is 0 Å². The molecule has 2 nitrogen and oxygen atoms in total. The number of rotatable bonds is 2. The van der Waals surface area contributed by atoms with Gasteiger partial charge in [0.1, 0.15) is 5.76 Å². The highest BCUT2D eigenvalue weighted by Crippen LogP contribution is 2.09. The monoisotopic (exact) mass is 198 g/mol. The fourth-order valence-corrected chi connectivity index (χ4v) is 1.24. The van der Waals surface area contributed by atoms with Crippen molar-refractivity contribution in [3.63, 3.8) is 0 Å². The average Bonchev–Trinajstić information content (AvgIpc) is 2.66. The molecular weight excluding hydrogens is 188 g/mol. The summed E-state index contributed by atoms with van der Waals surface area (Å²) >= 11 is 0. The van der Waals surface area contributed by atoms with Gasteiger partial charge in [0, 0.05) is 6.08 Å². The zero-order valence-electron chi connectivity index (χ0n) is 8.09. The summed E-state index contributed by atoms with van der Waals surface area (Å²) in [7, 11) is 0. The maximum atomic E-state index is 10.7. The van der Waals surface area contributed by atoms with Gasteiger partial charge in [-0.25, -0.2) is 4.79 Å². The molecule has 2 rings (SSSR count). The van der Waals surface area contributed by atoms with Crippen LogP contribution < -0.4 is 0 Å². The summed E-state index contributed by atoms with van der Waals surface area (Å²) in [6, 6.07) is 9.93. The van der Waals surface area contributed by atoms with Gasteiger partial charge in [-0.15, -0.1) is 0 Å². The topological polar surface area (TPSA) is 26.3 Å². The number of esters is 1. The second-order valence-corrected chi connectivity index (χ2v) is 3.09. The van der Waals surface area contributed by atoms with E-state index in [-0.39, 0.29) is 5.97 Å². The van der Waals surface area contributed by atoms with Gasteiger partial charge in [0.25, 0.3) is 0 Å². The van der Waals surface area contributed by atoms with Crippen molar-refractivity contribution in [3.05, 3.63) is 66.0 Å². The normalized spacial score (nSPS) is 17.6. The number of benzene rings is 1. The van der Waals surface area contributed by atoms with Gasteiger partial charge in [-0.05, 0) is 17.7 Å². The van der Waals surface area contributed by atoms with E-state index in [4.69, 9.17) is 4.74 Å². The van der Waals surface area contributed by atoms with Crippen molar-refractivity contribution in [1.82, 2.24) is 0 Å². The molecule has 0 bridgehead atoms. The Hall–Kier alpha value is -2.09. The molecule has 1 aromatic carbocycles. The molecule has 0 aromatic heterocycles. The Labute approximate surface area is 88.2 Å². The molecule has 74 valence electrons. The summed E-state index contributed by atoms with van der Waals surface area (Å²) in [5, 5.41) is 0. The number of ether oxygens (including phenoxy) is 1. The highest BCUT2D eigenvalue weighted by Gasteiger charge is 2.06. The number of cyclic esters (lactones) is 1. The van der Waals surface area contributed by atoms with Gasteiger partial charge in [-0.2, -0.15) is 0 Å². The van der Waals surface area contributed by atoms with Gasteiger partial charge >= 0.3 is 5.97 Å². The number of carbonyl (C=O) groups is 1. The minimum Gasteiger partial charge on any atom is -0.423 e. The van der Waals surface area contributed by atoms with Crippen LogP contribution in [0.5, 0.6) is 0 Å². The number of carbonyl (C=O) groups excluding carboxylic acids is 1. The lowest BCUT2D eigenvalue weighted by atomic mass is 10.2. The summed E-state index contributed by atoms with van der Waals surface area (Å²) in [5.41, 5.74) is 1.11. The Morgan fingerprint density at radius 2 is 1.87 bits per heavy atom. The number of hydrogen-bond donors (Lipinski definition) is 0. The predicted molar refractivity (Wildman–Crippen MR) is 58.8 cm³/mol. The highest BCUT2D eigenvalue weighted by atomic mass is 16.5. The van der Waals surface area contributed by atoms with Gasteiger partial charge in [-0.3, -0.25) is 0 Å². The number of hydrogen-bond acceptors (Lipinski definition) is 2. The van der Waals surface area contributed by atoms with E-state index < -0.39 is 0 Å². The molecule has 0 amide bonds. The molecule has 0 N–H and O–H groups in total. The van der Waals surface area contributed by atoms with E-state index in [0.29, 0.717) is 5.76 Å². The summed E-state index contributed by atoms with van der Waals surface area (Å²) in [6.45, 7) is 0. The fourth-order valence-electron chi connectivity index (χ4n) is 1.24. The van der Waals surface area contributed by atoms with Crippen LogP contribution in [0.3, 0.4) is 0 Å². The van der Waals surface area contributed by atoms with Gasteiger partial charge in [0.2, 0.25) is 0 Å². The van der Waals surface area contributed by atoms with E-state index in [0.717, 1.165) is 5.56 Å². The molecular formula is C13H10O2. The van der Waals surface area contributed by atoms with Crippen LogP contribution >= 0.6 is 0 Å². The van der Waals surface area contributed by atoms with E-state index in [9.17, 15) is 4.79 Å². The molecule has 0 spiro atoms. The van der Waals surface area contributed by atoms with Gasteiger partial charge in [-0.1, -0.05) is 42.5 Å². The zero-order valence-corrected chi connectivity index (χ0v) is 8.09. The molecule has 2 heteroatoms. The van der Waals surface area contributed by atoms with Crippen molar-refractivity contribution in [1.29, 1.82) is 0 Å². The Kier molecular flexibility index (Phi) is 2.79. The van der Waals surface area contributed by atoms with Gasteiger partial charge in [0.15, 0.2) is 0 Å². The Morgan fingerprint density at radius 1 is 1.07 bits per heavy atom. The molecule has 1 aliphatic rings. The maximum absolute atomic E-state index is 10.7. The van der Waals surface area contributed by atoms with Crippen molar-refractivity contribution in [2.75, 3.05) is 0 Å². The van der Waals surface area contributed by atoms with E-state index in [2.05, 4.69) is 0 Å². The molecule has 0 fully saturated rings. The second kappa shape index (κ2) is 4.42. The van der Waals surface area contributed by atoms with Gasteiger partial charge < -0.3 is 4.74 Å². The third kappa shape index (κ3) is 2.68. The van der Waals surface area contributed by atoms with E-state index >= 15 is 0 Å². The van der Waals surface area contributed by atoms with Crippen LogP contribution in [0.1, 0.15) is 5.56 Å². The lowest BCUT2D eigenvalue weighted by molar-refractivity contribution is -0.132. The van der Waals surface area contributed by atoms with Crippen LogP contribution in [0.4, 0.5) is 0 Å². The van der Waals surface area contributed by atoms with E-state index in [1.165, 1.54) is 6.08 Å². The van der Waals surface area contributed by atoms with Crippen LogP contribution in [-0.4, -0.2) is 5.97 Å². The van der Waals surface area contributed by atoms with Crippen molar-refractivity contribution < 1.29 is 9.53 Å². The van der Waals surface area contributed by atoms with Crippen LogP contribution in [0.25, 0.3) is 6.08 Å². The van der Waals surface area contributed by atoms with Crippen molar-refractivity contribution in [3.8, 4) is 0 Å². The first kappa shape index (κ1) is 9.46.